The van der Waals surface area contributed by atoms with Gasteiger partial charge in [-0.1, -0.05) is 6.07 Å². The quantitative estimate of drug-likeness (QED) is 0.718. The van der Waals surface area contributed by atoms with Crippen LogP contribution in [-0.4, -0.2) is 26.3 Å². The summed E-state index contributed by atoms with van der Waals surface area (Å²) in [4.78, 5) is 11.0. The van der Waals surface area contributed by atoms with E-state index in [0.717, 1.165) is 5.75 Å². The Bertz CT molecular complexity index is 349. The number of methoxy groups -OCH3 is 2. The number of benzene rings is 1. The van der Waals surface area contributed by atoms with Gasteiger partial charge < -0.3 is 14.2 Å². The maximum atomic E-state index is 11.0. The van der Waals surface area contributed by atoms with E-state index < -0.39 is 0 Å². The fraction of sp³-hybridized carbons (Fsp3) is 0.417. The van der Waals surface area contributed by atoms with Gasteiger partial charge in [0.2, 0.25) is 0 Å². The number of carbonyl (C=O) groups is 1. The molecular weight excluding hydrogens is 208 g/mol. The molecule has 4 heteroatoms. The van der Waals surface area contributed by atoms with E-state index in [0.29, 0.717) is 5.75 Å². The third-order valence-corrected chi connectivity index (χ3v) is 2.06. The number of esters is 1. The zero-order valence-corrected chi connectivity index (χ0v) is 9.73. The van der Waals surface area contributed by atoms with Crippen LogP contribution in [0.3, 0.4) is 0 Å². The van der Waals surface area contributed by atoms with Gasteiger partial charge in [-0.2, -0.15) is 0 Å². The zero-order valence-electron chi connectivity index (χ0n) is 9.73. The zero-order chi connectivity index (χ0) is 12.0. The molecule has 0 saturated carbocycles. The van der Waals surface area contributed by atoms with Crippen molar-refractivity contribution in [2.45, 2.75) is 19.4 Å². The average molecular weight is 224 g/mol. The van der Waals surface area contributed by atoms with Crippen LogP contribution in [0, 0.1) is 0 Å². The van der Waals surface area contributed by atoms with Crippen molar-refractivity contribution in [2.75, 3.05) is 14.2 Å². The molecule has 0 N–H and O–H groups in total. The Morgan fingerprint density at radius 1 is 1.31 bits per heavy atom. The first kappa shape index (κ1) is 12.4. The molecule has 0 aromatic heterocycles. The molecule has 0 spiro atoms. The Morgan fingerprint density at radius 2 is 2.00 bits per heavy atom. The highest BCUT2D eigenvalue weighted by atomic mass is 16.5. The summed E-state index contributed by atoms with van der Waals surface area (Å²) < 4.78 is 15.2. The van der Waals surface area contributed by atoms with Crippen LogP contribution in [-0.2, 0) is 9.53 Å². The Hall–Kier alpha value is -1.71. The van der Waals surface area contributed by atoms with Gasteiger partial charge in [0.1, 0.15) is 17.6 Å². The molecule has 1 rings (SSSR count). The minimum absolute atomic E-state index is 0.223. The lowest BCUT2D eigenvalue weighted by atomic mass is 10.2. The molecule has 88 valence electrons. The molecule has 1 atom stereocenters. The summed E-state index contributed by atoms with van der Waals surface area (Å²) in [7, 11) is 2.96. The van der Waals surface area contributed by atoms with Crippen molar-refractivity contribution in [3.05, 3.63) is 24.3 Å². The first-order valence-electron chi connectivity index (χ1n) is 5.03. The highest BCUT2D eigenvalue weighted by Gasteiger charge is 2.10. The third-order valence-electron chi connectivity index (χ3n) is 2.06. The highest BCUT2D eigenvalue weighted by molar-refractivity contribution is 5.69. The minimum atomic E-state index is -0.282. The van der Waals surface area contributed by atoms with Gasteiger partial charge in [-0.3, -0.25) is 4.79 Å². The standard InChI is InChI=1S/C12H16O4/c1-9(7-12(13)15-3)16-11-6-4-5-10(8-11)14-2/h4-6,8-9H,7H2,1-3H3. The molecule has 0 bridgehead atoms. The van der Waals surface area contributed by atoms with E-state index in [4.69, 9.17) is 9.47 Å². The van der Waals surface area contributed by atoms with Crippen molar-refractivity contribution >= 4 is 5.97 Å². The van der Waals surface area contributed by atoms with Gasteiger partial charge in [0.05, 0.1) is 20.6 Å². The fourth-order valence-electron chi connectivity index (χ4n) is 1.27. The summed E-state index contributed by atoms with van der Waals surface area (Å²) in [6, 6.07) is 7.25. The second-order valence-electron chi connectivity index (χ2n) is 3.39. The van der Waals surface area contributed by atoms with Crippen LogP contribution in [0.4, 0.5) is 0 Å². The smallest absolute Gasteiger partial charge is 0.309 e. The Morgan fingerprint density at radius 3 is 2.62 bits per heavy atom. The molecule has 0 aliphatic heterocycles. The largest absolute Gasteiger partial charge is 0.497 e. The van der Waals surface area contributed by atoms with Crippen molar-refractivity contribution in [1.29, 1.82) is 0 Å². The van der Waals surface area contributed by atoms with E-state index in [-0.39, 0.29) is 18.5 Å². The maximum Gasteiger partial charge on any atom is 0.309 e. The molecule has 0 aliphatic carbocycles. The predicted octanol–water partition coefficient (Wildman–Crippen LogP) is 2.03. The molecule has 4 nitrogen and oxygen atoms in total. The van der Waals surface area contributed by atoms with Gasteiger partial charge in [0.15, 0.2) is 0 Å². The SMILES string of the molecule is COC(=O)CC(C)Oc1cccc(OC)c1. The molecule has 1 aromatic carbocycles. The van der Waals surface area contributed by atoms with E-state index in [2.05, 4.69) is 4.74 Å². The van der Waals surface area contributed by atoms with E-state index in [1.807, 2.05) is 25.1 Å². The molecule has 0 radical (unpaired) electrons. The number of hydrogen-bond donors (Lipinski definition) is 0. The van der Waals surface area contributed by atoms with Crippen LogP contribution in [0.1, 0.15) is 13.3 Å². The Kier molecular flexibility index (Phi) is 4.64. The van der Waals surface area contributed by atoms with Gasteiger partial charge in [-0.25, -0.2) is 0 Å². The van der Waals surface area contributed by atoms with Gasteiger partial charge >= 0.3 is 5.97 Å². The van der Waals surface area contributed by atoms with Crippen LogP contribution in [0.25, 0.3) is 0 Å². The summed E-state index contributed by atoms with van der Waals surface area (Å²) in [5, 5.41) is 0. The van der Waals surface area contributed by atoms with Gasteiger partial charge in [-0.05, 0) is 19.1 Å². The Balaban J connectivity index is 2.55. The van der Waals surface area contributed by atoms with E-state index >= 15 is 0 Å². The van der Waals surface area contributed by atoms with E-state index in [9.17, 15) is 4.79 Å². The van der Waals surface area contributed by atoms with Gasteiger partial charge in [0.25, 0.3) is 0 Å². The second-order valence-corrected chi connectivity index (χ2v) is 3.39. The minimum Gasteiger partial charge on any atom is -0.497 e. The molecule has 0 aliphatic rings. The monoisotopic (exact) mass is 224 g/mol. The number of hydrogen-bond acceptors (Lipinski definition) is 4. The van der Waals surface area contributed by atoms with Crippen molar-refractivity contribution in [2.24, 2.45) is 0 Å². The molecular formula is C12H16O4. The van der Waals surface area contributed by atoms with Crippen molar-refractivity contribution in [3.63, 3.8) is 0 Å². The lowest BCUT2D eigenvalue weighted by Crippen LogP contribution is -2.17. The summed E-state index contributed by atoms with van der Waals surface area (Å²) in [6.45, 7) is 1.82. The predicted molar refractivity (Wildman–Crippen MR) is 59.7 cm³/mol. The summed E-state index contributed by atoms with van der Waals surface area (Å²) in [5.41, 5.74) is 0. The maximum absolute atomic E-state index is 11.0. The first-order valence-corrected chi connectivity index (χ1v) is 5.03. The van der Waals surface area contributed by atoms with Crippen LogP contribution in [0.5, 0.6) is 11.5 Å². The molecule has 0 fully saturated rings. The van der Waals surface area contributed by atoms with Gasteiger partial charge in [-0.15, -0.1) is 0 Å². The lowest BCUT2D eigenvalue weighted by molar-refractivity contribution is -0.142. The second kappa shape index (κ2) is 6.00. The number of ether oxygens (including phenoxy) is 3. The molecule has 1 unspecified atom stereocenters. The van der Waals surface area contributed by atoms with Crippen molar-refractivity contribution in [3.8, 4) is 11.5 Å². The van der Waals surface area contributed by atoms with E-state index in [1.54, 1.807) is 13.2 Å². The third kappa shape index (κ3) is 3.81. The summed E-state index contributed by atoms with van der Waals surface area (Å²) in [6.07, 6.45) is 0.00724. The van der Waals surface area contributed by atoms with Crippen LogP contribution in [0.15, 0.2) is 24.3 Å². The summed E-state index contributed by atoms with van der Waals surface area (Å²) in [5.74, 6) is 1.12. The average Bonchev–Trinajstić information content (AvgIpc) is 2.28. The number of carbonyl (C=O) groups excluding carboxylic acids is 1. The van der Waals surface area contributed by atoms with Crippen LogP contribution in [0.2, 0.25) is 0 Å². The molecule has 0 amide bonds. The highest BCUT2D eigenvalue weighted by Crippen LogP contribution is 2.20. The van der Waals surface area contributed by atoms with E-state index in [1.165, 1.54) is 7.11 Å². The molecule has 0 saturated heterocycles. The molecule has 16 heavy (non-hydrogen) atoms. The topological polar surface area (TPSA) is 44.8 Å². The van der Waals surface area contributed by atoms with Crippen molar-refractivity contribution < 1.29 is 19.0 Å². The molecule has 1 aromatic rings. The number of rotatable bonds is 5. The fourth-order valence-corrected chi connectivity index (χ4v) is 1.27. The molecule has 0 heterocycles. The van der Waals surface area contributed by atoms with Crippen LogP contribution >= 0.6 is 0 Å². The first-order chi connectivity index (χ1) is 7.65. The van der Waals surface area contributed by atoms with Crippen LogP contribution < -0.4 is 9.47 Å². The van der Waals surface area contributed by atoms with Gasteiger partial charge in [0, 0.05) is 6.07 Å². The van der Waals surface area contributed by atoms with Crippen molar-refractivity contribution in [1.82, 2.24) is 0 Å². The normalized spacial score (nSPS) is 11.7. The Labute approximate surface area is 95.1 Å². The summed E-state index contributed by atoms with van der Waals surface area (Å²) >= 11 is 0. The lowest BCUT2D eigenvalue weighted by Gasteiger charge is -2.13.